The SMILES string of the molecule is CC(CCNC(=O)c1ccc(Cl)cc1F)CCC(=O)O. The van der Waals surface area contributed by atoms with Crippen molar-refractivity contribution in [2.24, 2.45) is 5.92 Å². The second kappa shape index (κ2) is 7.85. The zero-order valence-corrected chi connectivity index (χ0v) is 11.9. The zero-order chi connectivity index (χ0) is 15.1. The van der Waals surface area contributed by atoms with Crippen LogP contribution in [0.3, 0.4) is 0 Å². The van der Waals surface area contributed by atoms with Crippen LogP contribution in [0.4, 0.5) is 4.39 Å². The summed E-state index contributed by atoms with van der Waals surface area (Å²) in [6, 6.07) is 3.88. The van der Waals surface area contributed by atoms with Gasteiger partial charge in [-0.05, 0) is 37.0 Å². The molecule has 0 aliphatic carbocycles. The lowest BCUT2D eigenvalue weighted by molar-refractivity contribution is -0.137. The van der Waals surface area contributed by atoms with Gasteiger partial charge in [0.15, 0.2) is 0 Å². The molecule has 0 aromatic heterocycles. The highest BCUT2D eigenvalue weighted by molar-refractivity contribution is 6.30. The van der Waals surface area contributed by atoms with Gasteiger partial charge in [0.2, 0.25) is 0 Å². The Labute approximate surface area is 121 Å². The number of hydrogen-bond acceptors (Lipinski definition) is 2. The van der Waals surface area contributed by atoms with E-state index in [1.165, 1.54) is 12.1 Å². The molecule has 0 heterocycles. The average Bonchev–Trinajstić information content (AvgIpc) is 2.36. The first kappa shape index (κ1) is 16.4. The van der Waals surface area contributed by atoms with Crippen molar-refractivity contribution in [3.05, 3.63) is 34.6 Å². The normalized spacial score (nSPS) is 11.9. The van der Waals surface area contributed by atoms with Gasteiger partial charge in [-0.15, -0.1) is 0 Å². The van der Waals surface area contributed by atoms with Gasteiger partial charge in [-0.2, -0.15) is 0 Å². The molecular formula is C14H17ClFNO3. The number of amides is 1. The fourth-order valence-corrected chi connectivity index (χ4v) is 1.87. The standard InChI is InChI=1S/C14H17ClFNO3/c1-9(2-5-13(18)19)6-7-17-14(20)11-4-3-10(15)8-12(11)16/h3-4,8-9H,2,5-7H2,1H3,(H,17,20)(H,18,19). The summed E-state index contributed by atoms with van der Waals surface area (Å²) in [6.45, 7) is 2.29. The van der Waals surface area contributed by atoms with Crippen molar-refractivity contribution in [2.45, 2.75) is 26.2 Å². The topological polar surface area (TPSA) is 66.4 Å². The minimum Gasteiger partial charge on any atom is -0.481 e. The number of benzene rings is 1. The van der Waals surface area contributed by atoms with Crippen molar-refractivity contribution in [3.8, 4) is 0 Å². The van der Waals surface area contributed by atoms with Crippen molar-refractivity contribution in [1.82, 2.24) is 5.32 Å². The fourth-order valence-electron chi connectivity index (χ4n) is 1.72. The first-order valence-electron chi connectivity index (χ1n) is 6.35. The largest absolute Gasteiger partial charge is 0.481 e. The molecule has 0 radical (unpaired) electrons. The fraction of sp³-hybridized carbons (Fsp3) is 0.429. The molecule has 4 nitrogen and oxygen atoms in total. The van der Waals surface area contributed by atoms with Crippen LogP contribution in [-0.2, 0) is 4.79 Å². The predicted molar refractivity (Wildman–Crippen MR) is 74.4 cm³/mol. The second-order valence-electron chi connectivity index (χ2n) is 4.71. The first-order chi connectivity index (χ1) is 9.40. The number of carboxylic acid groups (broad SMARTS) is 1. The molecule has 20 heavy (non-hydrogen) atoms. The molecule has 0 spiro atoms. The molecular weight excluding hydrogens is 285 g/mol. The molecule has 6 heteroatoms. The van der Waals surface area contributed by atoms with E-state index in [2.05, 4.69) is 5.32 Å². The van der Waals surface area contributed by atoms with E-state index in [1.54, 1.807) is 0 Å². The van der Waals surface area contributed by atoms with Gasteiger partial charge >= 0.3 is 5.97 Å². The van der Waals surface area contributed by atoms with E-state index in [0.717, 1.165) is 6.07 Å². The van der Waals surface area contributed by atoms with Crippen LogP contribution in [0.1, 0.15) is 36.5 Å². The molecule has 0 bridgehead atoms. The summed E-state index contributed by atoms with van der Waals surface area (Å²) in [5.41, 5.74) is -0.0485. The van der Waals surface area contributed by atoms with Crippen LogP contribution in [-0.4, -0.2) is 23.5 Å². The van der Waals surface area contributed by atoms with Crippen LogP contribution in [0.5, 0.6) is 0 Å². The maximum Gasteiger partial charge on any atom is 0.303 e. The summed E-state index contributed by atoms with van der Waals surface area (Å²) in [4.78, 5) is 22.1. The Kier molecular flexibility index (Phi) is 6.45. The summed E-state index contributed by atoms with van der Waals surface area (Å²) >= 11 is 5.61. The number of hydrogen-bond donors (Lipinski definition) is 2. The lowest BCUT2D eigenvalue weighted by atomic mass is 10.0. The Balaban J connectivity index is 2.38. The molecule has 0 saturated carbocycles. The van der Waals surface area contributed by atoms with Gasteiger partial charge in [0, 0.05) is 18.0 Å². The minimum absolute atomic E-state index is 0.0485. The maximum atomic E-state index is 13.5. The summed E-state index contributed by atoms with van der Waals surface area (Å²) in [7, 11) is 0. The van der Waals surface area contributed by atoms with E-state index in [0.29, 0.717) is 19.4 Å². The van der Waals surface area contributed by atoms with Crippen LogP contribution < -0.4 is 5.32 Å². The van der Waals surface area contributed by atoms with Crippen LogP contribution in [0.2, 0.25) is 5.02 Å². The smallest absolute Gasteiger partial charge is 0.303 e. The van der Waals surface area contributed by atoms with E-state index >= 15 is 0 Å². The third kappa shape index (κ3) is 5.57. The first-order valence-corrected chi connectivity index (χ1v) is 6.73. The molecule has 0 fully saturated rings. The Morgan fingerprint density at radius 3 is 2.70 bits per heavy atom. The highest BCUT2D eigenvalue weighted by atomic mass is 35.5. The van der Waals surface area contributed by atoms with Gasteiger partial charge < -0.3 is 10.4 Å². The van der Waals surface area contributed by atoms with Crippen LogP contribution >= 0.6 is 11.6 Å². The molecule has 1 amide bonds. The number of aliphatic carboxylic acids is 1. The number of halogens is 2. The highest BCUT2D eigenvalue weighted by Crippen LogP contribution is 2.15. The Hall–Kier alpha value is -1.62. The Bertz CT molecular complexity index is 493. The monoisotopic (exact) mass is 301 g/mol. The summed E-state index contributed by atoms with van der Waals surface area (Å²) in [5, 5.41) is 11.4. The third-order valence-electron chi connectivity index (χ3n) is 2.95. The zero-order valence-electron chi connectivity index (χ0n) is 11.2. The summed E-state index contributed by atoms with van der Waals surface area (Å²) in [6.07, 6.45) is 1.32. The average molecular weight is 302 g/mol. The van der Waals surface area contributed by atoms with E-state index in [9.17, 15) is 14.0 Å². The third-order valence-corrected chi connectivity index (χ3v) is 3.18. The Morgan fingerprint density at radius 1 is 1.40 bits per heavy atom. The second-order valence-corrected chi connectivity index (χ2v) is 5.14. The molecule has 1 aromatic rings. The number of carboxylic acids is 1. The molecule has 1 atom stereocenters. The molecule has 1 rings (SSSR count). The van der Waals surface area contributed by atoms with Gasteiger partial charge in [-0.25, -0.2) is 4.39 Å². The van der Waals surface area contributed by atoms with Crippen LogP contribution in [0, 0.1) is 11.7 Å². The lowest BCUT2D eigenvalue weighted by Gasteiger charge is -2.11. The van der Waals surface area contributed by atoms with E-state index in [4.69, 9.17) is 16.7 Å². The highest BCUT2D eigenvalue weighted by Gasteiger charge is 2.12. The number of nitrogens with one attached hydrogen (secondary N) is 1. The maximum absolute atomic E-state index is 13.5. The van der Waals surface area contributed by atoms with E-state index in [-0.39, 0.29) is 22.9 Å². The van der Waals surface area contributed by atoms with Crippen LogP contribution in [0.15, 0.2) is 18.2 Å². The molecule has 0 saturated heterocycles. The quantitative estimate of drug-likeness (QED) is 0.813. The Morgan fingerprint density at radius 2 is 2.10 bits per heavy atom. The minimum atomic E-state index is -0.830. The predicted octanol–water partition coefficient (Wildman–Crippen LogP) is 3.10. The molecule has 0 aliphatic rings. The van der Waals surface area contributed by atoms with Crippen molar-refractivity contribution in [2.75, 3.05) is 6.54 Å². The number of carbonyl (C=O) groups excluding carboxylic acids is 1. The van der Waals surface area contributed by atoms with Crippen LogP contribution in [0.25, 0.3) is 0 Å². The van der Waals surface area contributed by atoms with Gasteiger partial charge in [0.25, 0.3) is 5.91 Å². The molecule has 1 aromatic carbocycles. The summed E-state index contributed by atoms with van der Waals surface area (Å²) < 4.78 is 13.5. The number of carbonyl (C=O) groups is 2. The molecule has 110 valence electrons. The number of rotatable bonds is 7. The van der Waals surface area contributed by atoms with Gasteiger partial charge in [0.1, 0.15) is 5.82 Å². The van der Waals surface area contributed by atoms with Crippen molar-refractivity contribution in [1.29, 1.82) is 0 Å². The molecule has 0 aliphatic heterocycles. The summed E-state index contributed by atoms with van der Waals surface area (Å²) in [5.74, 6) is -1.80. The lowest BCUT2D eigenvalue weighted by Crippen LogP contribution is -2.26. The van der Waals surface area contributed by atoms with Gasteiger partial charge in [-0.1, -0.05) is 18.5 Å². The molecule has 1 unspecified atom stereocenters. The van der Waals surface area contributed by atoms with Gasteiger partial charge in [0.05, 0.1) is 5.56 Å². The van der Waals surface area contributed by atoms with Gasteiger partial charge in [-0.3, -0.25) is 9.59 Å². The van der Waals surface area contributed by atoms with Crippen molar-refractivity contribution in [3.63, 3.8) is 0 Å². The van der Waals surface area contributed by atoms with E-state index in [1.807, 2.05) is 6.92 Å². The van der Waals surface area contributed by atoms with Crippen molar-refractivity contribution >= 4 is 23.5 Å². The van der Waals surface area contributed by atoms with Crippen molar-refractivity contribution < 1.29 is 19.1 Å². The molecule has 2 N–H and O–H groups in total. The van der Waals surface area contributed by atoms with E-state index < -0.39 is 17.7 Å².